The van der Waals surface area contributed by atoms with Crippen LogP contribution in [0.15, 0.2) is 24.3 Å². The number of aliphatic carboxylic acids is 1. The Labute approximate surface area is 299 Å². The van der Waals surface area contributed by atoms with E-state index in [-0.39, 0.29) is 31.7 Å². The van der Waals surface area contributed by atoms with Crippen LogP contribution in [0.3, 0.4) is 0 Å². The third kappa shape index (κ3) is 14.4. The Morgan fingerprint density at radius 3 is 2.04 bits per heavy atom. The zero-order valence-electron chi connectivity index (χ0n) is 30.1. The number of hydrogen-bond acceptors (Lipinski definition) is 8. The number of benzene rings is 1. The highest BCUT2D eigenvalue weighted by atomic mass is 31.2. The van der Waals surface area contributed by atoms with Crippen molar-refractivity contribution in [3.63, 3.8) is 0 Å². The van der Waals surface area contributed by atoms with Crippen LogP contribution in [0.4, 0.5) is 0 Å². The summed E-state index contributed by atoms with van der Waals surface area (Å²) in [6.07, 6.45) is 2.16. The molecule has 1 aromatic rings. The lowest BCUT2D eigenvalue weighted by Crippen LogP contribution is -2.60. The Hall–Kier alpha value is -3.85. The summed E-state index contributed by atoms with van der Waals surface area (Å²) in [6.45, 7) is 8.88. The van der Waals surface area contributed by atoms with Crippen molar-refractivity contribution in [2.75, 3.05) is 13.1 Å². The first-order chi connectivity index (χ1) is 23.9. The van der Waals surface area contributed by atoms with E-state index in [1.165, 1.54) is 17.0 Å². The van der Waals surface area contributed by atoms with Gasteiger partial charge in [0.25, 0.3) is 0 Å². The summed E-state index contributed by atoms with van der Waals surface area (Å²) in [6, 6.07) is 0.893. The Morgan fingerprint density at radius 2 is 1.51 bits per heavy atom. The van der Waals surface area contributed by atoms with Gasteiger partial charge in [0.2, 0.25) is 29.5 Å². The van der Waals surface area contributed by atoms with E-state index in [1.807, 2.05) is 20.8 Å². The Balaban J connectivity index is 2.23. The SMILES string of the molecule is CCCC[C@H](NC(=O)[C@@H]1CCCN1C(=O)[C@@H](NC(=O)[C@@H](Cc1ccc(CP(=O)(O)O)cc1)NC(=O)CN)C(C)C)C(=O)N[C@@H](CC(C)C)C(=O)O. The molecule has 1 aliphatic heterocycles. The average Bonchev–Trinajstić information content (AvgIpc) is 3.54. The maximum absolute atomic E-state index is 14.0. The molecule has 1 aromatic carbocycles. The lowest BCUT2D eigenvalue weighted by molar-refractivity contribution is -0.144. The van der Waals surface area contributed by atoms with E-state index >= 15 is 0 Å². The fourth-order valence-electron chi connectivity index (χ4n) is 5.88. The molecule has 9 N–H and O–H groups in total. The maximum atomic E-state index is 14.0. The van der Waals surface area contributed by atoms with Crippen LogP contribution < -0.4 is 27.0 Å². The third-order valence-electron chi connectivity index (χ3n) is 8.56. The van der Waals surface area contributed by atoms with Crippen LogP contribution in [0.25, 0.3) is 0 Å². The average molecular weight is 739 g/mol. The number of nitrogens with two attached hydrogens (primary N) is 1. The third-order valence-corrected chi connectivity index (χ3v) is 9.34. The van der Waals surface area contributed by atoms with Crippen molar-refractivity contribution in [3.05, 3.63) is 35.4 Å². The zero-order chi connectivity index (χ0) is 38.5. The first kappa shape index (κ1) is 43.3. The van der Waals surface area contributed by atoms with Gasteiger partial charge in [-0.3, -0.25) is 28.5 Å². The number of unbranched alkanes of at least 4 members (excludes halogenated alkanes) is 1. The summed E-state index contributed by atoms with van der Waals surface area (Å²) in [4.78, 5) is 98.4. The number of nitrogens with zero attached hydrogens (tertiary/aromatic N) is 1. The lowest BCUT2D eigenvalue weighted by Gasteiger charge is -2.32. The first-order valence-electron chi connectivity index (χ1n) is 17.4. The van der Waals surface area contributed by atoms with Gasteiger partial charge in [-0.1, -0.05) is 71.7 Å². The van der Waals surface area contributed by atoms with Crippen LogP contribution in [0.2, 0.25) is 0 Å². The van der Waals surface area contributed by atoms with Crippen molar-refractivity contribution >= 4 is 43.1 Å². The normalized spacial score (nSPS) is 17.0. The van der Waals surface area contributed by atoms with Crippen LogP contribution in [-0.4, -0.2) is 98.6 Å². The van der Waals surface area contributed by atoms with Gasteiger partial charge >= 0.3 is 13.6 Å². The number of nitrogens with one attached hydrogen (secondary N) is 4. The summed E-state index contributed by atoms with van der Waals surface area (Å²) in [5.74, 6) is -4.57. The summed E-state index contributed by atoms with van der Waals surface area (Å²) >= 11 is 0. The van der Waals surface area contributed by atoms with Gasteiger partial charge in [-0.2, -0.15) is 0 Å². The summed E-state index contributed by atoms with van der Waals surface area (Å²) < 4.78 is 11.4. The van der Waals surface area contributed by atoms with Gasteiger partial charge in [0, 0.05) is 13.0 Å². The minimum absolute atomic E-state index is 0.00382. The predicted molar refractivity (Wildman–Crippen MR) is 189 cm³/mol. The Bertz CT molecular complexity index is 1420. The zero-order valence-corrected chi connectivity index (χ0v) is 31.0. The van der Waals surface area contributed by atoms with Crippen molar-refractivity contribution in [3.8, 4) is 0 Å². The number of rotatable bonds is 20. The fraction of sp³-hybridized carbons (Fsp3) is 0.647. The van der Waals surface area contributed by atoms with Crippen LogP contribution in [0.1, 0.15) is 84.3 Å². The smallest absolute Gasteiger partial charge is 0.329 e. The predicted octanol–water partition coefficient (Wildman–Crippen LogP) is 0.773. The molecule has 0 saturated carbocycles. The molecule has 5 amide bonds. The van der Waals surface area contributed by atoms with Gasteiger partial charge in [0.05, 0.1) is 12.7 Å². The van der Waals surface area contributed by atoms with Crippen LogP contribution in [0.5, 0.6) is 0 Å². The minimum Gasteiger partial charge on any atom is -0.480 e. The van der Waals surface area contributed by atoms with Crippen LogP contribution in [-0.2, 0) is 45.9 Å². The second-order valence-corrected chi connectivity index (χ2v) is 15.5. The number of amides is 5. The molecule has 0 aliphatic carbocycles. The molecule has 0 aromatic heterocycles. The minimum atomic E-state index is -4.29. The molecule has 51 heavy (non-hydrogen) atoms. The lowest BCUT2D eigenvalue weighted by atomic mass is 9.99. The van der Waals surface area contributed by atoms with E-state index in [9.17, 15) is 48.2 Å². The van der Waals surface area contributed by atoms with E-state index in [0.717, 1.165) is 6.42 Å². The van der Waals surface area contributed by atoms with Crippen LogP contribution >= 0.6 is 7.60 Å². The maximum Gasteiger partial charge on any atom is 0.329 e. The van der Waals surface area contributed by atoms with Gasteiger partial charge in [-0.25, -0.2) is 4.79 Å². The highest BCUT2D eigenvalue weighted by Crippen LogP contribution is 2.39. The Morgan fingerprint density at radius 1 is 0.902 bits per heavy atom. The number of carbonyl (C=O) groups is 6. The monoisotopic (exact) mass is 738 g/mol. The van der Waals surface area contributed by atoms with Crippen molar-refractivity contribution < 1.29 is 48.2 Å². The summed E-state index contributed by atoms with van der Waals surface area (Å²) in [5, 5.41) is 20.2. The molecule has 2 rings (SSSR count). The molecule has 0 spiro atoms. The molecule has 16 nitrogen and oxygen atoms in total. The molecule has 1 saturated heterocycles. The fourth-order valence-corrected chi connectivity index (χ4v) is 6.56. The van der Waals surface area contributed by atoms with Crippen molar-refractivity contribution in [2.45, 2.75) is 116 Å². The molecule has 17 heteroatoms. The molecule has 0 radical (unpaired) electrons. The second kappa shape index (κ2) is 20.3. The molecule has 0 bridgehead atoms. The number of carboxylic acids is 1. The topological polar surface area (TPSA) is 258 Å². The first-order valence-corrected chi connectivity index (χ1v) is 19.2. The van der Waals surface area contributed by atoms with Gasteiger partial charge in [-0.15, -0.1) is 0 Å². The van der Waals surface area contributed by atoms with Gasteiger partial charge in [-0.05, 0) is 48.6 Å². The number of carboxylic acid groups (broad SMARTS) is 1. The number of hydrogen-bond donors (Lipinski definition) is 8. The molecule has 0 unspecified atom stereocenters. The number of likely N-dealkylation sites (tertiary alicyclic amines) is 1. The van der Waals surface area contributed by atoms with E-state index < -0.39 is 91.9 Å². The number of carbonyl (C=O) groups excluding carboxylic acids is 5. The van der Waals surface area contributed by atoms with E-state index in [4.69, 9.17) is 5.73 Å². The summed E-state index contributed by atoms with van der Waals surface area (Å²) in [5.41, 5.74) is 6.45. The standard InChI is InChI=1S/C34H55N6O10P/c1-6-7-9-24(30(42)38-26(34(46)47)16-20(2)3)37-32(44)27-10-8-15-40(27)33(45)29(21(4)5)39-31(43)25(36-28(41)18-35)17-22-11-13-23(14-12-22)19-51(48,49)50/h11-14,20-21,24-27,29H,6-10,15-19,35H2,1-5H3,(H,36,41)(H,37,44)(H,38,42)(H,39,43)(H,46,47)(H2,48,49,50)/t24-,25+,26-,27-,29-/m0/s1. The van der Waals surface area contributed by atoms with Crippen LogP contribution in [0, 0.1) is 11.8 Å². The Kier molecular flexibility index (Phi) is 17.2. The quantitative estimate of drug-likeness (QED) is 0.0867. The molecular formula is C34H55N6O10P. The highest BCUT2D eigenvalue weighted by molar-refractivity contribution is 7.50. The summed E-state index contributed by atoms with van der Waals surface area (Å²) in [7, 11) is -4.29. The van der Waals surface area contributed by atoms with E-state index in [1.54, 1.807) is 26.0 Å². The van der Waals surface area contributed by atoms with E-state index in [0.29, 0.717) is 30.4 Å². The largest absolute Gasteiger partial charge is 0.480 e. The van der Waals surface area contributed by atoms with Gasteiger partial charge in [0.1, 0.15) is 30.2 Å². The van der Waals surface area contributed by atoms with Crippen molar-refractivity contribution in [2.24, 2.45) is 17.6 Å². The molecular weight excluding hydrogens is 683 g/mol. The van der Waals surface area contributed by atoms with E-state index in [2.05, 4.69) is 21.3 Å². The molecule has 1 aliphatic rings. The van der Waals surface area contributed by atoms with Crippen molar-refractivity contribution in [1.29, 1.82) is 0 Å². The molecule has 1 heterocycles. The molecule has 286 valence electrons. The van der Waals surface area contributed by atoms with Crippen molar-refractivity contribution in [1.82, 2.24) is 26.2 Å². The second-order valence-electron chi connectivity index (χ2n) is 13.8. The highest BCUT2D eigenvalue weighted by Gasteiger charge is 2.40. The molecule has 5 atom stereocenters. The molecule has 1 fully saturated rings. The van der Waals surface area contributed by atoms with Gasteiger partial charge in [0.15, 0.2) is 0 Å². The van der Waals surface area contributed by atoms with Gasteiger partial charge < -0.3 is 46.8 Å².